The Morgan fingerprint density at radius 3 is 2.62 bits per heavy atom. The zero-order valence-corrected chi connectivity index (χ0v) is 19.1. The lowest BCUT2D eigenvalue weighted by atomic mass is 9.85. The van der Waals surface area contributed by atoms with Crippen molar-refractivity contribution in [2.75, 3.05) is 6.54 Å². The van der Waals surface area contributed by atoms with Crippen molar-refractivity contribution in [1.82, 2.24) is 20.4 Å². The number of carbonyl (C=O) groups is 3. The summed E-state index contributed by atoms with van der Waals surface area (Å²) in [4.78, 5) is 37.0. The molecule has 1 aromatic heterocycles. The van der Waals surface area contributed by atoms with E-state index in [9.17, 15) is 14.4 Å². The van der Waals surface area contributed by atoms with E-state index in [0.29, 0.717) is 23.1 Å². The van der Waals surface area contributed by atoms with Gasteiger partial charge in [0.25, 0.3) is 0 Å². The third-order valence-corrected chi connectivity index (χ3v) is 6.22. The van der Waals surface area contributed by atoms with E-state index in [1.54, 1.807) is 28.9 Å². The quantitative estimate of drug-likeness (QED) is 0.237. The first-order valence-corrected chi connectivity index (χ1v) is 11.1. The number of fused-ring (bicyclic) bond motifs is 1. The van der Waals surface area contributed by atoms with Crippen LogP contribution >= 0.6 is 0 Å². The highest BCUT2D eigenvalue weighted by Crippen LogP contribution is 2.53. The van der Waals surface area contributed by atoms with Crippen LogP contribution in [0.3, 0.4) is 0 Å². The van der Waals surface area contributed by atoms with Crippen LogP contribution in [0.5, 0.6) is 0 Å². The van der Waals surface area contributed by atoms with Crippen molar-refractivity contribution < 1.29 is 14.4 Å². The summed E-state index contributed by atoms with van der Waals surface area (Å²) < 4.78 is 1.80. The second kappa shape index (κ2) is 9.36. The molecular weight excluding hydrogens is 428 g/mol. The van der Waals surface area contributed by atoms with E-state index in [1.165, 1.54) is 5.56 Å². The van der Waals surface area contributed by atoms with E-state index in [1.807, 2.05) is 19.3 Å². The maximum atomic E-state index is 13.3. The molecule has 1 fully saturated rings. The van der Waals surface area contributed by atoms with E-state index >= 15 is 0 Å². The standard InChI is InChI=1S/C27H26N4O3/c1-4-13-28-25(33)26(34)29-16-19-7-5-6-8-22(19)24(32)18(2)15-27(11-12-27)21-9-10-23-20(14-21)17-31(3)30-23/h1,5-10,14,17H,2,11-13,15-16H2,3H3,(H,28,33)(H,29,34). The van der Waals surface area contributed by atoms with Gasteiger partial charge in [0.05, 0.1) is 12.1 Å². The van der Waals surface area contributed by atoms with Crippen LogP contribution in [0.25, 0.3) is 10.9 Å². The van der Waals surface area contributed by atoms with Crippen molar-refractivity contribution in [3.05, 3.63) is 77.5 Å². The smallest absolute Gasteiger partial charge is 0.310 e. The van der Waals surface area contributed by atoms with Gasteiger partial charge in [0.15, 0.2) is 5.78 Å². The minimum atomic E-state index is -0.813. The number of nitrogens with one attached hydrogen (secondary N) is 2. The van der Waals surface area contributed by atoms with Gasteiger partial charge in [-0.1, -0.05) is 42.8 Å². The molecule has 2 amide bonds. The van der Waals surface area contributed by atoms with Gasteiger partial charge in [-0.2, -0.15) is 5.10 Å². The minimum Gasteiger partial charge on any atom is -0.344 e. The van der Waals surface area contributed by atoms with Crippen molar-refractivity contribution in [2.24, 2.45) is 7.05 Å². The predicted octanol–water partition coefficient (Wildman–Crippen LogP) is 2.80. The molecule has 0 radical (unpaired) electrons. The van der Waals surface area contributed by atoms with E-state index in [0.717, 1.165) is 23.7 Å². The number of allylic oxidation sites excluding steroid dienone is 1. The van der Waals surface area contributed by atoms with Gasteiger partial charge in [0.1, 0.15) is 0 Å². The summed E-state index contributed by atoms with van der Waals surface area (Å²) >= 11 is 0. The second-order valence-electron chi connectivity index (χ2n) is 8.69. The third kappa shape index (κ3) is 4.76. The highest BCUT2D eigenvalue weighted by molar-refractivity contribution is 6.35. The number of benzene rings is 2. The maximum absolute atomic E-state index is 13.3. The summed E-state index contributed by atoms with van der Waals surface area (Å²) in [6, 6.07) is 13.3. The highest BCUT2D eigenvalue weighted by atomic mass is 16.2. The monoisotopic (exact) mass is 454 g/mol. The van der Waals surface area contributed by atoms with Crippen molar-refractivity contribution in [2.45, 2.75) is 31.2 Å². The summed E-state index contributed by atoms with van der Waals surface area (Å²) in [5, 5.41) is 10.4. The summed E-state index contributed by atoms with van der Waals surface area (Å²) in [6.45, 7) is 4.12. The Kier molecular flexibility index (Phi) is 6.33. The fourth-order valence-electron chi connectivity index (χ4n) is 4.24. The molecule has 0 atom stereocenters. The zero-order chi connectivity index (χ0) is 24.3. The first kappa shape index (κ1) is 23.0. The predicted molar refractivity (Wildman–Crippen MR) is 130 cm³/mol. The molecule has 1 aliphatic carbocycles. The number of nitrogens with zero attached hydrogens (tertiary/aromatic N) is 2. The Bertz CT molecular complexity index is 1340. The fraction of sp³-hybridized carbons (Fsp3) is 0.259. The molecule has 0 saturated heterocycles. The molecule has 7 heteroatoms. The normalized spacial score (nSPS) is 13.6. The molecule has 0 spiro atoms. The fourth-order valence-corrected chi connectivity index (χ4v) is 4.24. The van der Waals surface area contributed by atoms with Crippen LogP contribution in [0.4, 0.5) is 0 Å². The second-order valence-corrected chi connectivity index (χ2v) is 8.69. The SMILES string of the molecule is C#CCNC(=O)C(=O)NCc1ccccc1C(=O)C(=C)CC1(c2ccc3nn(C)cc3c2)CC1. The molecule has 2 N–H and O–H groups in total. The molecule has 1 aliphatic rings. The molecule has 2 aromatic carbocycles. The van der Waals surface area contributed by atoms with E-state index in [2.05, 4.69) is 40.4 Å². The molecule has 4 rings (SSSR count). The van der Waals surface area contributed by atoms with Crippen LogP contribution < -0.4 is 10.6 Å². The van der Waals surface area contributed by atoms with Crippen molar-refractivity contribution >= 4 is 28.5 Å². The van der Waals surface area contributed by atoms with Gasteiger partial charge in [-0.15, -0.1) is 6.42 Å². The Balaban J connectivity index is 1.45. The molecule has 34 heavy (non-hydrogen) atoms. The average Bonchev–Trinajstić information content (AvgIpc) is 3.52. The Morgan fingerprint density at radius 1 is 1.15 bits per heavy atom. The maximum Gasteiger partial charge on any atom is 0.310 e. The van der Waals surface area contributed by atoms with Gasteiger partial charge in [-0.25, -0.2) is 0 Å². The van der Waals surface area contributed by atoms with Gasteiger partial charge < -0.3 is 10.6 Å². The van der Waals surface area contributed by atoms with Crippen molar-refractivity contribution in [3.63, 3.8) is 0 Å². The average molecular weight is 455 g/mol. The molecule has 1 saturated carbocycles. The van der Waals surface area contributed by atoms with E-state index in [4.69, 9.17) is 6.42 Å². The Morgan fingerprint density at radius 2 is 1.88 bits per heavy atom. The number of terminal acetylenes is 1. The number of aryl methyl sites for hydroxylation is 1. The van der Waals surface area contributed by atoms with Crippen LogP contribution in [-0.4, -0.2) is 33.9 Å². The topological polar surface area (TPSA) is 93.1 Å². The van der Waals surface area contributed by atoms with Gasteiger partial charge in [-0.3, -0.25) is 19.1 Å². The minimum absolute atomic E-state index is 0.0311. The number of amides is 2. The molecule has 172 valence electrons. The van der Waals surface area contributed by atoms with E-state index in [-0.39, 0.29) is 24.3 Å². The molecule has 0 bridgehead atoms. The number of rotatable bonds is 8. The Hall–Kier alpha value is -4.18. The molecule has 0 unspecified atom stereocenters. The molecule has 7 nitrogen and oxygen atoms in total. The lowest BCUT2D eigenvalue weighted by Gasteiger charge is -2.18. The summed E-state index contributed by atoms with van der Waals surface area (Å²) in [5.41, 5.74) is 3.66. The van der Waals surface area contributed by atoms with Gasteiger partial charge in [-0.05, 0) is 53.5 Å². The number of hydrogen-bond donors (Lipinski definition) is 2. The highest BCUT2D eigenvalue weighted by Gasteiger charge is 2.45. The Labute approximate surface area is 198 Å². The van der Waals surface area contributed by atoms with Crippen LogP contribution in [-0.2, 0) is 28.6 Å². The number of Topliss-reactive ketones (excluding diaryl/α,β-unsaturated/α-hetero) is 1. The number of hydrogen-bond acceptors (Lipinski definition) is 4. The van der Waals surface area contributed by atoms with Crippen LogP contribution in [0.2, 0.25) is 0 Å². The molecule has 0 aliphatic heterocycles. The van der Waals surface area contributed by atoms with Crippen LogP contribution in [0.15, 0.2) is 60.8 Å². The number of aromatic nitrogens is 2. The van der Waals surface area contributed by atoms with Crippen molar-refractivity contribution in [3.8, 4) is 12.3 Å². The third-order valence-electron chi connectivity index (χ3n) is 6.22. The van der Waals surface area contributed by atoms with Crippen LogP contribution in [0.1, 0.15) is 40.7 Å². The van der Waals surface area contributed by atoms with E-state index < -0.39 is 11.8 Å². The zero-order valence-electron chi connectivity index (χ0n) is 19.1. The summed E-state index contributed by atoms with van der Waals surface area (Å²) in [7, 11) is 1.90. The van der Waals surface area contributed by atoms with Crippen LogP contribution in [0, 0.1) is 12.3 Å². The molecule has 1 heterocycles. The number of carbonyl (C=O) groups excluding carboxylic acids is 3. The van der Waals surface area contributed by atoms with Gasteiger partial charge >= 0.3 is 11.8 Å². The molecule has 3 aromatic rings. The molecular formula is C27H26N4O3. The van der Waals surface area contributed by atoms with Gasteiger partial charge in [0.2, 0.25) is 0 Å². The van der Waals surface area contributed by atoms with Crippen molar-refractivity contribution in [1.29, 1.82) is 0 Å². The first-order valence-electron chi connectivity index (χ1n) is 11.1. The number of ketones is 1. The van der Waals surface area contributed by atoms with Gasteiger partial charge in [0, 0.05) is 30.7 Å². The summed E-state index contributed by atoms with van der Waals surface area (Å²) in [5.74, 6) is 0.462. The lowest BCUT2D eigenvalue weighted by molar-refractivity contribution is -0.139. The first-order chi connectivity index (χ1) is 16.3. The lowest BCUT2D eigenvalue weighted by Crippen LogP contribution is -2.39. The largest absolute Gasteiger partial charge is 0.344 e. The summed E-state index contributed by atoms with van der Waals surface area (Å²) in [6.07, 6.45) is 9.63.